The molecule has 7 heteroatoms. The maximum absolute atomic E-state index is 10.2. The van der Waals surface area contributed by atoms with Gasteiger partial charge in [0.25, 0.3) is 0 Å². The van der Waals surface area contributed by atoms with Crippen molar-refractivity contribution in [2.75, 3.05) is 12.4 Å². The first kappa shape index (κ1) is 12.6. The monoisotopic (exact) mass is 258 g/mol. The summed E-state index contributed by atoms with van der Waals surface area (Å²) in [5, 5.41) is 11.2. The molecule has 5 nitrogen and oxygen atoms in total. The molecule has 0 bridgehead atoms. The fourth-order valence-corrected chi connectivity index (χ4v) is 1.61. The number of thiazole rings is 1. The molecule has 2 N–H and O–H groups in total. The molecule has 2 heterocycles. The Morgan fingerprint density at radius 1 is 1.69 bits per heavy atom. The number of hydrogen-bond donors (Lipinski definition) is 3. The number of nitrogens with one attached hydrogen (secondary N) is 1. The summed E-state index contributed by atoms with van der Waals surface area (Å²) in [7, 11) is 1.82. The second kappa shape index (κ2) is 6.19. The molecule has 0 aliphatic carbocycles. The average Bonchev–Trinajstić information content (AvgIpc) is 2.88. The zero-order chi connectivity index (χ0) is 12.0. The van der Waals surface area contributed by atoms with Gasteiger partial charge in [0.1, 0.15) is 0 Å². The van der Waals surface area contributed by atoms with Gasteiger partial charge in [0.05, 0.1) is 16.0 Å². The Balaban J connectivity index is 0.000000165. The van der Waals surface area contributed by atoms with Crippen LogP contribution in [0.2, 0.25) is 0 Å². The number of furan rings is 1. The van der Waals surface area contributed by atoms with Gasteiger partial charge in [0.2, 0.25) is 0 Å². The maximum atomic E-state index is 10.2. The van der Waals surface area contributed by atoms with Crippen LogP contribution >= 0.6 is 24.0 Å². The maximum Gasteiger partial charge on any atom is 0.356 e. The third-order valence-corrected chi connectivity index (χ3v) is 2.67. The number of rotatable bonds is 2. The van der Waals surface area contributed by atoms with Crippen molar-refractivity contribution < 1.29 is 14.3 Å². The van der Waals surface area contributed by atoms with Crippen molar-refractivity contribution in [1.29, 1.82) is 0 Å². The lowest BCUT2D eigenvalue weighted by Gasteiger charge is -1.85. The quantitative estimate of drug-likeness (QED) is 0.721. The Bertz CT molecular complexity index is 439. The first-order valence-corrected chi connectivity index (χ1v) is 5.55. The van der Waals surface area contributed by atoms with Crippen LogP contribution in [0.1, 0.15) is 10.5 Å². The van der Waals surface area contributed by atoms with Crippen LogP contribution < -0.4 is 5.32 Å². The summed E-state index contributed by atoms with van der Waals surface area (Å²) in [5.41, 5.74) is 1.48. The van der Waals surface area contributed by atoms with Crippen LogP contribution in [0.3, 0.4) is 0 Å². The van der Waals surface area contributed by atoms with Gasteiger partial charge in [-0.25, -0.2) is 9.78 Å². The SMILES string of the molecule is CNc1ccco1.O=C(O)c1ncsc1S. The predicted molar refractivity (Wildman–Crippen MR) is 64.6 cm³/mol. The summed E-state index contributed by atoms with van der Waals surface area (Å²) < 4.78 is 5.32. The number of aromatic nitrogens is 1. The Morgan fingerprint density at radius 3 is 2.69 bits per heavy atom. The molecule has 0 aliphatic rings. The van der Waals surface area contributed by atoms with Gasteiger partial charge >= 0.3 is 5.97 Å². The molecule has 0 radical (unpaired) electrons. The van der Waals surface area contributed by atoms with Gasteiger partial charge in [-0.3, -0.25) is 0 Å². The van der Waals surface area contributed by atoms with Gasteiger partial charge in [-0.1, -0.05) is 0 Å². The van der Waals surface area contributed by atoms with Crippen molar-refractivity contribution >= 4 is 35.8 Å². The summed E-state index contributed by atoms with van der Waals surface area (Å²) in [4.78, 5) is 13.7. The lowest BCUT2D eigenvalue weighted by Crippen LogP contribution is -1.96. The van der Waals surface area contributed by atoms with E-state index in [1.807, 2.05) is 19.2 Å². The van der Waals surface area contributed by atoms with Crippen LogP contribution in [0.4, 0.5) is 5.88 Å². The molecule has 0 amide bonds. The molecule has 16 heavy (non-hydrogen) atoms. The molecule has 0 spiro atoms. The second-order valence-electron chi connectivity index (χ2n) is 2.54. The number of anilines is 1. The van der Waals surface area contributed by atoms with Crippen LogP contribution in [0.15, 0.2) is 32.5 Å². The Labute approximate surface area is 102 Å². The van der Waals surface area contributed by atoms with E-state index in [1.165, 1.54) is 16.8 Å². The van der Waals surface area contributed by atoms with Crippen molar-refractivity contribution in [3.63, 3.8) is 0 Å². The van der Waals surface area contributed by atoms with Crippen molar-refractivity contribution in [1.82, 2.24) is 4.98 Å². The largest absolute Gasteiger partial charge is 0.476 e. The molecule has 86 valence electrons. The molecule has 2 aromatic rings. The fourth-order valence-electron chi connectivity index (χ4n) is 0.808. The summed E-state index contributed by atoms with van der Waals surface area (Å²) in [6.07, 6.45) is 1.63. The Hall–Kier alpha value is -1.47. The molecular formula is C9H10N2O3S2. The summed E-state index contributed by atoms with van der Waals surface area (Å²) in [5.74, 6) is -0.221. The van der Waals surface area contributed by atoms with Crippen molar-refractivity contribution in [2.24, 2.45) is 0 Å². The van der Waals surface area contributed by atoms with E-state index in [4.69, 9.17) is 9.52 Å². The van der Waals surface area contributed by atoms with Crippen molar-refractivity contribution in [3.8, 4) is 0 Å². The Morgan fingerprint density at radius 2 is 2.44 bits per heavy atom. The fraction of sp³-hybridized carbons (Fsp3) is 0.111. The van der Waals surface area contributed by atoms with Crippen LogP contribution in [-0.2, 0) is 0 Å². The van der Waals surface area contributed by atoms with E-state index >= 15 is 0 Å². The van der Waals surface area contributed by atoms with Gasteiger partial charge in [-0.15, -0.1) is 24.0 Å². The number of carboxylic acids is 1. The highest BCUT2D eigenvalue weighted by molar-refractivity contribution is 7.82. The van der Waals surface area contributed by atoms with Crippen LogP contribution in [0.5, 0.6) is 0 Å². The summed E-state index contributed by atoms with van der Waals surface area (Å²) in [6.45, 7) is 0. The Kier molecular flexibility index (Phi) is 4.87. The highest BCUT2D eigenvalue weighted by atomic mass is 32.2. The van der Waals surface area contributed by atoms with Crippen molar-refractivity contribution in [3.05, 3.63) is 29.6 Å². The number of thiol groups is 1. The van der Waals surface area contributed by atoms with E-state index in [1.54, 1.807) is 6.26 Å². The van der Waals surface area contributed by atoms with Gasteiger partial charge in [-0.05, 0) is 6.07 Å². The van der Waals surface area contributed by atoms with Gasteiger partial charge in [-0.2, -0.15) is 0 Å². The number of carbonyl (C=O) groups is 1. The molecular weight excluding hydrogens is 248 g/mol. The number of carboxylic acid groups (broad SMARTS) is 1. The molecule has 0 saturated heterocycles. The van der Waals surface area contributed by atoms with Crippen LogP contribution in [0.25, 0.3) is 0 Å². The third kappa shape index (κ3) is 3.59. The molecule has 0 aromatic carbocycles. The number of hydrogen-bond acceptors (Lipinski definition) is 6. The standard InChI is InChI=1S/C5H7NO.C4H3NO2S2/c1-6-5-3-2-4-7-5;6-3(7)2-4(8)9-1-5-2/h2-4,6H,1H3;1,8H,(H,6,7). The molecule has 2 rings (SSSR count). The minimum absolute atomic E-state index is 0.0309. The minimum atomic E-state index is -1.03. The molecule has 0 unspecified atom stereocenters. The van der Waals surface area contributed by atoms with Gasteiger partial charge in [0.15, 0.2) is 11.6 Å². The molecule has 0 atom stereocenters. The molecule has 2 aromatic heterocycles. The lowest BCUT2D eigenvalue weighted by molar-refractivity contribution is 0.0688. The van der Waals surface area contributed by atoms with Crippen molar-refractivity contribution in [2.45, 2.75) is 4.21 Å². The first-order chi connectivity index (χ1) is 7.65. The summed E-state index contributed by atoms with van der Waals surface area (Å²) in [6, 6.07) is 3.70. The number of nitrogens with zero attached hydrogens (tertiary/aromatic N) is 1. The van der Waals surface area contributed by atoms with Gasteiger partial charge < -0.3 is 14.8 Å². The lowest BCUT2D eigenvalue weighted by atomic mass is 10.5. The molecule has 0 aliphatic heterocycles. The first-order valence-electron chi connectivity index (χ1n) is 4.22. The highest BCUT2D eigenvalue weighted by Crippen LogP contribution is 2.16. The van der Waals surface area contributed by atoms with E-state index in [0.717, 1.165) is 5.88 Å². The topological polar surface area (TPSA) is 75.4 Å². The van der Waals surface area contributed by atoms with Crippen LogP contribution in [-0.4, -0.2) is 23.1 Å². The summed E-state index contributed by atoms with van der Waals surface area (Å²) >= 11 is 5.07. The second-order valence-corrected chi connectivity index (χ2v) is 4.14. The number of aromatic carboxylic acids is 1. The van der Waals surface area contributed by atoms with E-state index < -0.39 is 5.97 Å². The van der Waals surface area contributed by atoms with Crippen LogP contribution in [0, 0.1) is 0 Å². The van der Waals surface area contributed by atoms with E-state index in [9.17, 15) is 4.79 Å². The third-order valence-electron chi connectivity index (χ3n) is 1.52. The zero-order valence-corrected chi connectivity index (χ0v) is 10.1. The molecule has 0 saturated carbocycles. The van der Waals surface area contributed by atoms with Gasteiger partial charge in [0, 0.05) is 13.1 Å². The van der Waals surface area contributed by atoms with E-state index in [2.05, 4.69) is 22.9 Å². The average molecular weight is 258 g/mol. The predicted octanol–water partition coefficient (Wildman–Crippen LogP) is 2.45. The van der Waals surface area contributed by atoms with E-state index in [-0.39, 0.29) is 5.69 Å². The minimum Gasteiger partial charge on any atom is -0.476 e. The van der Waals surface area contributed by atoms with E-state index in [0.29, 0.717) is 4.21 Å². The highest BCUT2D eigenvalue weighted by Gasteiger charge is 2.08. The molecule has 0 fully saturated rings. The normalized spacial score (nSPS) is 9.12. The smallest absolute Gasteiger partial charge is 0.356 e. The zero-order valence-electron chi connectivity index (χ0n) is 8.38.